The van der Waals surface area contributed by atoms with Gasteiger partial charge in [-0.3, -0.25) is 9.59 Å². The molecule has 96 valence electrons. The van der Waals surface area contributed by atoms with Gasteiger partial charge in [0.15, 0.2) is 0 Å². The number of carboxylic acids is 2. The summed E-state index contributed by atoms with van der Waals surface area (Å²) < 4.78 is 13.1. The van der Waals surface area contributed by atoms with Gasteiger partial charge in [0.25, 0.3) is 5.91 Å². The average Bonchev–Trinajstić information content (AvgIpc) is 2.27. The molecule has 1 heterocycles. The molecule has 1 amide bonds. The third-order valence-electron chi connectivity index (χ3n) is 1.99. The Hall–Kier alpha value is -2.51. The molecule has 0 saturated heterocycles. The van der Waals surface area contributed by atoms with Crippen molar-refractivity contribution in [3.05, 3.63) is 29.8 Å². The van der Waals surface area contributed by atoms with Crippen molar-refractivity contribution in [2.45, 2.75) is 12.5 Å². The van der Waals surface area contributed by atoms with Crippen molar-refractivity contribution in [2.75, 3.05) is 0 Å². The molecule has 1 aromatic rings. The third kappa shape index (κ3) is 3.51. The van der Waals surface area contributed by atoms with Crippen LogP contribution in [0.1, 0.15) is 16.8 Å². The van der Waals surface area contributed by atoms with Crippen molar-refractivity contribution in [3.8, 4) is 0 Å². The predicted molar refractivity (Wildman–Crippen MR) is 55.3 cm³/mol. The Morgan fingerprint density at radius 3 is 2.56 bits per heavy atom. The van der Waals surface area contributed by atoms with Crippen LogP contribution in [0.15, 0.2) is 18.3 Å². The molecule has 3 N–H and O–H groups in total. The van der Waals surface area contributed by atoms with Crippen LogP contribution in [0.25, 0.3) is 0 Å². The number of hydrogen-bond donors (Lipinski definition) is 3. The average molecular weight is 256 g/mol. The first-order valence-electron chi connectivity index (χ1n) is 4.77. The minimum atomic E-state index is -1.63. The van der Waals surface area contributed by atoms with Gasteiger partial charge in [0.2, 0.25) is 5.95 Å². The van der Waals surface area contributed by atoms with Crippen LogP contribution in [0.2, 0.25) is 0 Å². The van der Waals surface area contributed by atoms with Crippen molar-refractivity contribution in [1.82, 2.24) is 10.3 Å². The van der Waals surface area contributed by atoms with Crippen molar-refractivity contribution in [1.29, 1.82) is 0 Å². The lowest BCUT2D eigenvalue weighted by Crippen LogP contribution is -2.42. The summed E-state index contributed by atoms with van der Waals surface area (Å²) >= 11 is 0. The Labute approximate surface area is 100 Å². The summed E-state index contributed by atoms with van der Waals surface area (Å²) in [5, 5.41) is 19.1. The summed E-state index contributed by atoms with van der Waals surface area (Å²) in [4.78, 5) is 35.8. The van der Waals surface area contributed by atoms with Gasteiger partial charge in [-0.25, -0.2) is 9.78 Å². The lowest BCUT2D eigenvalue weighted by Gasteiger charge is -2.12. The summed E-state index contributed by atoms with van der Waals surface area (Å²) in [5.74, 6) is -5.01. The van der Waals surface area contributed by atoms with Gasteiger partial charge in [-0.1, -0.05) is 0 Å². The van der Waals surface area contributed by atoms with Gasteiger partial charge < -0.3 is 15.5 Å². The summed E-state index contributed by atoms with van der Waals surface area (Å²) in [7, 11) is 0. The van der Waals surface area contributed by atoms with Crippen molar-refractivity contribution in [3.63, 3.8) is 0 Å². The van der Waals surface area contributed by atoms with Crippen LogP contribution in [0.5, 0.6) is 0 Å². The normalized spacial score (nSPS) is 11.6. The topological polar surface area (TPSA) is 117 Å². The van der Waals surface area contributed by atoms with E-state index in [1.54, 1.807) is 0 Å². The summed E-state index contributed by atoms with van der Waals surface area (Å²) in [6, 6.07) is 0.775. The number of aromatic nitrogens is 1. The molecule has 0 aliphatic rings. The Balaban J connectivity index is 2.82. The van der Waals surface area contributed by atoms with E-state index in [4.69, 9.17) is 10.2 Å². The number of nitrogens with zero attached hydrogens (tertiary/aromatic N) is 1. The van der Waals surface area contributed by atoms with E-state index in [0.717, 1.165) is 12.3 Å². The summed E-state index contributed by atoms with van der Waals surface area (Å²) in [6.45, 7) is 0. The van der Waals surface area contributed by atoms with Gasteiger partial charge in [0.1, 0.15) is 6.04 Å². The molecule has 0 radical (unpaired) electrons. The fourth-order valence-corrected chi connectivity index (χ4v) is 1.17. The number of amides is 1. The highest BCUT2D eigenvalue weighted by Gasteiger charge is 2.24. The van der Waals surface area contributed by atoms with Gasteiger partial charge in [-0.2, -0.15) is 4.39 Å². The molecule has 0 aromatic carbocycles. The fourth-order valence-electron chi connectivity index (χ4n) is 1.17. The minimum absolute atomic E-state index is 0.450. The van der Waals surface area contributed by atoms with Gasteiger partial charge in [-0.05, 0) is 12.1 Å². The van der Waals surface area contributed by atoms with E-state index in [-0.39, 0.29) is 0 Å². The highest BCUT2D eigenvalue weighted by Crippen LogP contribution is 2.04. The lowest BCUT2D eigenvalue weighted by molar-refractivity contribution is -0.145. The first-order valence-corrected chi connectivity index (χ1v) is 4.77. The highest BCUT2D eigenvalue weighted by atomic mass is 19.1. The van der Waals surface area contributed by atoms with E-state index in [0.29, 0.717) is 0 Å². The lowest BCUT2D eigenvalue weighted by atomic mass is 10.2. The Morgan fingerprint density at radius 1 is 1.39 bits per heavy atom. The zero-order valence-electron chi connectivity index (χ0n) is 8.96. The molecular formula is C10H9FN2O5. The monoisotopic (exact) mass is 256 g/mol. The summed E-state index contributed by atoms with van der Waals surface area (Å²) in [6.07, 6.45) is 0.320. The molecule has 18 heavy (non-hydrogen) atoms. The number of rotatable bonds is 5. The Kier molecular flexibility index (Phi) is 4.30. The molecule has 0 saturated carbocycles. The van der Waals surface area contributed by atoms with E-state index >= 15 is 0 Å². The van der Waals surface area contributed by atoms with Crippen LogP contribution in [0.4, 0.5) is 4.39 Å². The van der Waals surface area contributed by atoms with Gasteiger partial charge >= 0.3 is 11.9 Å². The molecule has 0 spiro atoms. The smallest absolute Gasteiger partial charge is 0.326 e. The molecule has 0 aliphatic carbocycles. The molecule has 7 nitrogen and oxygen atoms in total. The number of hydrogen-bond acceptors (Lipinski definition) is 4. The van der Waals surface area contributed by atoms with Gasteiger partial charge in [0, 0.05) is 6.20 Å². The maximum Gasteiger partial charge on any atom is 0.326 e. The van der Waals surface area contributed by atoms with Crippen molar-refractivity contribution >= 4 is 17.8 Å². The quantitative estimate of drug-likeness (QED) is 0.632. The van der Waals surface area contributed by atoms with E-state index < -0.39 is 41.8 Å². The minimum Gasteiger partial charge on any atom is -0.481 e. The highest BCUT2D eigenvalue weighted by molar-refractivity contribution is 5.97. The second-order valence-corrected chi connectivity index (χ2v) is 3.30. The standard InChI is InChI=1S/C10H9FN2O5/c11-8-5(2-1-3-12-8)9(16)13-6(10(17)18)4-7(14)15/h1-3,6H,4H2,(H,13,16)(H,14,15)(H,17,18)/t6-/m1/s1. The molecule has 0 aliphatic heterocycles. The number of nitrogens with one attached hydrogen (secondary N) is 1. The van der Waals surface area contributed by atoms with Crippen molar-refractivity contribution in [2.24, 2.45) is 0 Å². The summed E-state index contributed by atoms with van der Waals surface area (Å²) in [5.41, 5.74) is -0.450. The number of carboxylic acid groups (broad SMARTS) is 2. The van der Waals surface area contributed by atoms with Crippen LogP contribution in [-0.2, 0) is 9.59 Å². The largest absolute Gasteiger partial charge is 0.481 e. The fraction of sp³-hybridized carbons (Fsp3) is 0.200. The first-order chi connectivity index (χ1) is 8.41. The third-order valence-corrected chi connectivity index (χ3v) is 1.99. The van der Waals surface area contributed by atoms with E-state index in [1.807, 2.05) is 5.32 Å². The molecule has 0 bridgehead atoms. The maximum absolute atomic E-state index is 13.1. The van der Waals surface area contributed by atoms with E-state index in [1.165, 1.54) is 6.07 Å². The second kappa shape index (κ2) is 5.71. The zero-order valence-corrected chi connectivity index (χ0v) is 8.96. The maximum atomic E-state index is 13.1. The first kappa shape index (κ1) is 13.6. The predicted octanol–water partition coefficient (Wildman–Crippen LogP) is -0.122. The second-order valence-electron chi connectivity index (χ2n) is 3.30. The zero-order chi connectivity index (χ0) is 13.7. The molecular weight excluding hydrogens is 247 g/mol. The van der Waals surface area contributed by atoms with Crippen LogP contribution in [0, 0.1) is 5.95 Å². The molecule has 0 unspecified atom stereocenters. The molecule has 0 fully saturated rings. The SMILES string of the molecule is O=C(O)C[C@@H](NC(=O)c1cccnc1F)C(=O)O. The molecule has 1 atom stereocenters. The number of halogens is 1. The molecule has 8 heteroatoms. The van der Waals surface area contributed by atoms with E-state index in [2.05, 4.69) is 4.98 Å². The molecule has 1 aromatic heterocycles. The number of carbonyl (C=O) groups excluding carboxylic acids is 1. The van der Waals surface area contributed by atoms with Crippen LogP contribution >= 0.6 is 0 Å². The number of pyridine rings is 1. The Bertz CT molecular complexity index is 491. The van der Waals surface area contributed by atoms with Crippen LogP contribution < -0.4 is 5.32 Å². The van der Waals surface area contributed by atoms with Crippen LogP contribution in [-0.4, -0.2) is 39.1 Å². The van der Waals surface area contributed by atoms with Crippen LogP contribution in [0.3, 0.4) is 0 Å². The molecule has 1 rings (SSSR count). The van der Waals surface area contributed by atoms with Crippen molar-refractivity contribution < 1.29 is 29.0 Å². The van der Waals surface area contributed by atoms with Gasteiger partial charge in [-0.15, -0.1) is 0 Å². The van der Waals surface area contributed by atoms with Gasteiger partial charge in [0.05, 0.1) is 12.0 Å². The number of aliphatic carboxylic acids is 2. The van der Waals surface area contributed by atoms with E-state index in [9.17, 15) is 18.8 Å². The number of carbonyl (C=O) groups is 3. The Morgan fingerprint density at radius 2 is 2.06 bits per heavy atom.